The van der Waals surface area contributed by atoms with Crippen molar-refractivity contribution in [3.8, 4) is 0 Å². The fourth-order valence-electron chi connectivity index (χ4n) is 1.50. The number of nitrogens with one attached hydrogen (secondary N) is 1. The Morgan fingerprint density at radius 1 is 1.50 bits per heavy atom. The zero-order valence-corrected chi connectivity index (χ0v) is 8.42. The monoisotopic (exact) mass is 196 g/mol. The third-order valence-electron chi connectivity index (χ3n) is 2.96. The number of anilines is 1. The average Bonchev–Trinajstić information content (AvgIpc) is 2.86. The van der Waals surface area contributed by atoms with E-state index >= 15 is 0 Å². The van der Waals surface area contributed by atoms with Crippen LogP contribution in [0.5, 0.6) is 0 Å². The van der Waals surface area contributed by atoms with E-state index in [2.05, 4.69) is 22.4 Å². The summed E-state index contributed by atoms with van der Waals surface area (Å²) in [5.41, 5.74) is 5.84. The van der Waals surface area contributed by atoms with Gasteiger partial charge in [-0.25, -0.2) is 0 Å². The molecule has 5 heteroatoms. The lowest BCUT2D eigenvalue weighted by atomic mass is 10.0. The van der Waals surface area contributed by atoms with Gasteiger partial charge in [0.05, 0.1) is 6.54 Å². The second-order valence-corrected chi connectivity index (χ2v) is 3.91. The summed E-state index contributed by atoms with van der Waals surface area (Å²) in [6.45, 7) is 3.44. The molecule has 0 aromatic carbocycles. The highest BCUT2D eigenvalue weighted by Gasteiger charge is 2.40. The fraction of sp³-hybridized carbons (Fsp3) is 0.778. The maximum absolute atomic E-state index is 5.36. The van der Waals surface area contributed by atoms with Crippen LogP contribution in [0.15, 0.2) is 4.42 Å². The topological polar surface area (TPSA) is 77.0 Å². The van der Waals surface area contributed by atoms with Crippen molar-refractivity contribution in [1.29, 1.82) is 0 Å². The van der Waals surface area contributed by atoms with Gasteiger partial charge in [0.15, 0.2) is 0 Å². The van der Waals surface area contributed by atoms with Gasteiger partial charge in [0.25, 0.3) is 0 Å². The third kappa shape index (κ3) is 1.87. The second-order valence-electron chi connectivity index (χ2n) is 3.91. The fourth-order valence-corrected chi connectivity index (χ4v) is 1.50. The van der Waals surface area contributed by atoms with Crippen LogP contribution in [0.3, 0.4) is 0 Å². The predicted molar refractivity (Wildman–Crippen MR) is 52.6 cm³/mol. The maximum atomic E-state index is 5.36. The molecule has 1 aliphatic carbocycles. The van der Waals surface area contributed by atoms with Crippen molar-refractivity contribution in [1.82, 2.24) is 10.2 Å². The molecule has 1 aromatic rings. The number of hydrogen-bond acceptors (Lipinski definition) is 5. The van der Waals surface area contributed by atoms with Gasteiger partial charge in [0.1, 0.15) is 0 Å². The number of rotatable bonds is 5. The molecular weight excluding hydrogens is 180 g/mol. The minimum atomic E-state index is 0.299. The van der Waals surface area contributed by atoms with Crippen LogP contribution >= 0.6 is 0 Å². The van der Waals surface area contributed by atoms with Crippen molar-refractivity contribution in [3.05, 3.63) is 5.89 Å². The van der Waals surface area contributed by atoms with Crippen molar-refractivity contribution in [2.24, 2.45) is 11.1 Å². The van der Waals surface area contributed by atoms with E-state index in [-0.39, 0.29) is 0 Å². The van der Waals surface area contributed by atoms with Gasteiger partial charge in [-0.1, -0.05) is 12.0 Å². The number of nitrogens with two attached hydrogens (primary N) is 1. The van der Waals surface area contributed by atoms with Crippen LogP contribution in [0.25, 0.3) is 0 Å². The van der Waals surface area contributed by atoms with Crippen molar-refractivity contribution >= 4 is 6.01 Å². The summed E-state index contributed by atoms with van der Waals surface area (Å²) in [7, 11) is 0. The molecular formula is C9H16N4O. The molecule has 78 valence electrons. The van der Waals surface area contributed by atoms with Gasteiger partial charge in [-0.15, -0.1) is 5.10 Å². The molecule has 1 saturated carbocycles. The Morgan fingerprint density at radius 2 is 2.29 bits per heavy atom. The highest BCUT2D eigenvalue weighted by Crippen LogP contribution is 2.48. The Bertz CT molecular complexity index is 306. The molecule has 0 spiro atoms. The normalized spacial score (nSPS) is 18.1. The zero-order valence-electron chi connectivity index (χ0n) is 8.42. The highest BCUT2D eigenvalue weighted by molar-refractivity contribution is 5.19. The Balaban J connectivity index is 1.85. The van der Waals surface area contributed by atoms with Gasteiger partial charge in [-0.05, 0) is 24.7 Å². The molecule has 5 nitrogen and oxygen atoms in total. The summed E-state index contributed by atoms with van der Waals surface area (Å²) in [5.74, 6) is 0.480. The van der Waals surface area contributed by atoms with Gasteiger partial charge in [-0.3, -0.25) is 0 Å². The first kappa shape index (κ1) is 9.45. The SMILES string of the molecule is CCC1(CNc2nnc(CN)o2)CC1. The van der Waals surface area contributed by atoms with E-state index in [1.807, 2.05) is 0 Å². The largest absolute Gasteiger partial charge is 0.407 e. The Kier molecular flexibility index (Phi) is 2.41. The van der Waals surface area contributed by atoms with E-state index in [4.69, 9.17) is 10.2 Å². The highest BCUT2D eigenvalue weighted by atomic mass is 16.4. The lowest BCUT2D eigenvalue weighted by molar-refractivity contribution is 0.482. The second kappa shape index (κ2) is 3.57. The minimum Gasteiger partial charge on any atom is -0.407 e. The lowest BCUT2D eigenvalue weighted by Gasteiger charge is -2.10. The first-order valence-corrected chi connectivity index (χ1v) is 5.04. The summed E-state index contributed by atoms with van der Waals surface area (Å²) < 4.78 is 5.24. The number of hydrogen-bond donors (Lipinski definition) is 2. The molecule has 1 heterocycles. The number of aromatic nitrogens is 2. The molecule has 0 saturated heterocycles. The zero-order chi connectivity index (χ0) is 10.0. The molecule has 1 aliphatic rings. The standard InChI is InChI=1S/C9H16N4O/c1-2-9(3-4-9)6-11-8-13-12-7(5-10)14-8/h2-6,10H2,1H3,(H,11,13). The van der Waals surface area contributed by atoms with Crippen LogP contribution in [-0.2, 0) is 6.54 Å². The van der Waals surface area contributed by atoms with Gasteiger partial charge >= 0.3 is 6.01 Å². The van der Waals surface area contributed by atoms with Gasteiger partial charge in [0.2, 0.25) is 5.89 Å². The van der Waals surface area contributed by atoms with E-state index in [9.17, 15) is 0 Å². The quantitative estimate of drug-likeness (QED) is 0.738. The average molecular weight is 196 g/mol. The van der Waals surface area contributed by atoms with Crippen molar-refractivity contribution in [2.45, 2.75) is 32.7 Å². The van der Waals surface area contributed by atoms with E-state index in [0.29, 0.717) is 23.9 Å². The Labute approximate surface area is 83.1 Å². The van der Waals surface area contributed by atoms with Crippen LogP contribution in [0.4, 0.5) is 6.01 Å². The smallest absolute Gasteiger partial charge is 0.315 e. The Hall–Kier alpha value is -1.10. The van der Waals surface area contributed by atoms with E-state index in [1.165, 1.54) is 19.3 Å². The van der Waals surface area contributed by atoms with Crippen molar-refractivity contribution in [2.75, 3.05) is 11.9 Å². The van der Waals surface area contributed by atoms with Crippen molar-refractivity contribution in [3.63, 3.8) is 0 Å². The molecule has 0 amide bonds. The molecule has 1 aromatic heterocycles. The molecule has 1 fully saturated rings. The molecule has 2 rings (SSSR count). The van der Waals surface area contributed by atoms with Crippen molar-refractivity contribution < 1.29 is 4.42 Å². The van der Waals surface area contributed by atoms with Crippen LogP contribution in [0, 0.1) is 5.41 Å². The first-order chi connectivity index (χ1) is 6.78. The van der Waals surface area contributed by atoms with Gasteiger partial charge in [0, 0.05) is 6.54 Å². The summed E-state index contributed by atoms with van der Waals surface area (Å²) >= 11 is 0. The molecule has 0 bridgehead atoms. The van der Waals surface area contributed by atoms with E-state index in [0.717, 1.165) is 6.54 Å². The van der Waals surface area contributed by atoms with Gasteiger partial charge in [-0.2, -0.15) is 0 Å². The molecule has 0 unspecified atom stereocenters. The van der Waals surface area contributed by atoms with Crippen LogP contribution < -0.4 is 11.1 Å². The summed E-state index contributed by atoms with van der Waals surface area (Å²) in [6, 6.07) is 0.491. The summed E-state index contributed by atoms with van der Waals surface area (Å²) in [4.78, 5) is 0. The molecule has 0 radical (unpaired) electrons. The predicted octanol–water partition coefficient (Wildman–Crippen LogP) is 1.13. The molecule has 0 aliphatic heterocycles. The third-order valence-corrected chi connectivity index (χ3v) is 2.96. The maximum Gasteiger partial charge on any atom is 0.315 e. The van der Waals surface area contributed by atoms with Crippen LogP contribution in [0.2, 0.25) is 0 Å². The number of nitrogens with zero attached hydrogens (tertiary/aromatic N) is 2. The molecule has 0 atom stereocenters. The summed E-state index contributed by atoms with van der Waals surface area (Å²) in [6.07, 6.45) is 3.81. The molecule has 14 heavy (non-hydrogen) atoms. The summed E-state index contributed by atoms with van der Waals surface area (Å²) in [5, 5.41) is 10.8. The van der Waals surface area contributed by atoms with Crippen LogP contribution in [0.1, 0.15) is 32.1 Å². The van der Waals surface area contributed by atoms with E-state index < -0.39 is 0 Å². The lowest BCUT2D eigenvalue weighted by Crippen LogP contribution is -2.14. The van der Waals surface area contributed by atoms with Gasteiger partial charge < -0.3 is 15.5 Å². The van der Waals surface area contributed by atoms with E-state index in [1.54, 1.807) is 0 Å². The Morgan fingerprint density at radius 3 is 2.79 bits per heavy atom. The molecule has 3 N–H and O–H groups in total. The van der Waals surface area contributed by atoms with Crippen LogP contribution in [-0.4, -0.2) is 16.7 Å². The minimum absolute atomic E-state index is 0.299. The first-order valence-electron chi connectivity index (χ1n) is 5.04.